The maximum atomic E-state index is 12.0. The summed E-state index contributed by atoms with van der Waals surface area (Å²) < 4.78 is 1.79. The highest BCUT2D eigenvalue weighted by Crippen LogP contribution is 2.39. The first-order valence-corrected chi connectivity index (χ1v) is 7.03. The van der Waals surface area contributed by atoms with E-state index < -0.39 is 0 Å². The van der Waals surface area contributed by atoms with Gasteiger partial charge in [0.1, 0.15) is 0 Å². The van der Waals surface area contributed by atoms with Crippen molar-refractivity contribution in [2.75, 3.05) is 0 Å². The Morgan fingerprint density at radius 1 is 1.40 bits per heavy atom. The monoisotopic (exact) mass is 289 g/mol. The van der Waals surface area contributed by atoms with E-state index in [0.29, 0.717) is 17.4 Å². The van der Waals surface area contributed by atoms with Gasteiger partial charge in [0.05, 0.1) is 12.1 Å². The van der Waals surface area contributed by atoms with Crippen molar-refractivity contribution in [3.05, 3.63) is 52.8 Å². The van der Waals surface area contributed by atoms with Gasteiger partial charge in [-0.2, -0.15) is 5.10 Å². The van der Waals surface area contributed by atoms with E-state index in [0.717, 1.165) is 17.7 Å². The number of rotatable bonds is 4. The number of nitrogens with one attached hydrogen (secondary N) is 1. The zero-order chi connectivity index (χ0) is 14.1. The van der Waals surface area contributed by atoms with Crippen LogP contribution in [-0.4, -0.2) is 21.7 Å². The first-order valence-electron chi connectivity index (χ1n) is 6.65. The predicted molar refractivity (Wildman–Crippen MR) is 77.7 cm³/mol. The van der Waals surface area contributed by atoms with E-state index in [9.17, 15) is 4.79 Å². The van der Waals surface area contributed by atoms with Crippen LogP contribution in [-0.2, 0) is 18.3 Å². The van der Waals surface area contributed by atoms with E-state index in [1.54, 1.807) is 16.8 Å². The van der Waals surface area contributed by atoms with Crippen molar-refractivity contribution in [1.82, 2.24) is 15.1 Å². The van der Waals surface area contributed by atoms with Crippen LogP contribution < -0.4 is 5.32 Å². The maximum Gasteiger partial charge on any atom is 0.224 e. The normalized spacial score (nSPS) is 20.7. The van der Waals surface area contributed by atoms with E-state index >= 15 is 0 Å². The fraction of sp³-hybridized carbons (Fsp3) is 0.333. The number of hydrogen-bond acceptors (Lipinski definition) is 2. The highest BCUT2D eigenvalue weighted by atomic mass is 35.5. The molecule has 4 nitrogen and oxygen atoms in total. The fourth-order valence-corrected chi connectivity index (χ4v) is 2.48. The van der Waals surface area contributed by atoms with Crippen LogP contribution in [0.3, 0.4) is 0 Å². The summed E-state index contributed by atoms with van der Waals surface area (Å²) in [6.07, 6.45) is 3.30. The van der Waals surface area contributed by atoms with Crippen LogP contribution in [0, 0.1) is 0 Å². The number of carbonyl (C=O) groups excluding carboxylic acids is 1. The van der Waals surface area contributed by atoms with Gasteiger partial charge in [0.15, 0.2) is 0 Å². The Labute approximate surface area is 122 Å². The Kier molecular flexibility index (Phi) is 3.49. The van der Waals surface area contributed by atoms with E-state index in [4.69, 9.17) is 11.6 Å². The minimum Gasteiger partial charge on any atom is -0.352 e. The second-order valence-electron chi connectivity index (χ2n) is 5.23. The third-order valence-electron chi connectivity index (χ3n) is 3.53. The predicted octanol–water partition coefficient (Wildman–Crippen LogP) is 2.29. The Bertz CT molecular complexity index is 620. The van der Waals surface area contributed by atoms with Crippen LogP contribution in [0.25, 0.3) is 0 Å². The number of nitrogens with zero attached hydrogens (tertiary/aromatic N) is 2. The van der Waals surface area contributed by atoms with E-state index in [1.165, 1.54) is 0 Å². The smallest absolute Gasteiger partial charge is 0.224 e. The van der Waals surface area contributed by atoms with Crippen molar-refractivity contribution < 1.29 is 4.79 Å². The molecule has 1 aromatic carbocycles. The number of benzene rings is 1. The first kappa shape index (κ1) is 13.2. The van der Waals surface area contributed by atoms with Gasteiger partial charge in [-0.05, 0) is 30.2 Å². The van der Waals surface area contributed by atoms with Gasteiger partial charge in [-0.3, -0.25) is 9.48 Å². The maximum absolute atomic E-state index is 12.0. The highest BCUT2D eigenvalue weighted by molar-refractivity contribution is 6.30. The second kappa shape index (κ2) is 5.29. The molecular formula is C15H16ClN3O. The summed E-state index contributed by atoms with van der Waals surface area (Å²) >= 11 is 5.82. The molecule has 1 amide bonds. The molecule has 1 N–H and O–H groups in total. The standard InChI is InChI=1S/C15H16ClN3O/c1-19-7-6-13(18-19)12-9-14(12)17-15(20)8-10-2-4-11(16)5-3-10/h2-7,12,14H,8-9H2,1H3,(H,17,20)/t12-,14+/m0/s1. The third kappa shape index (κ3) is 3.02. The molecule has 104 valence electrons. The Balaban J connectivity index is 1.52. The largest absolute Gasteiger partial charge is 0.352 e. The van der Waals surface area contributed by atoms with Gasteiger partial charge < -0.3 is 5.32 Å². The quantitative estimate of drug-likeness (QED) is 0.939. The molecule has 1 saturated carbocycles. The van der Waals surface area contributed by atoms with Gasteiger partial charge in [-0.15, -0.1) is 0 Å². The molecular weight excluding hydrogens is 274 g/mol. The van der Waals surface area contributed by atoms with E-state index in [1.807, 2.05) is 31.4 Å². The minimum atomic E-state index is 0.0516. The fourth-order valence-electron chi connectivity index (χ4n) is 2.36. The first-order chi connectivity index (χ1) is 9.61. The molecule has 3 rings (SSSR count). The molecule has 0 radical (unpaired) electrons. The second-order valence-corrected chi connectivity index (χ2v) is 5.67. The SMILES string of the molecule is Cn1ccc([C@@H]2C[C@H]2NC(=O)Cc2ccc(Cl)cc2)n1. The van der Waals surface area contributed by atoms with Gasteiger partial charge in [-0.25, -0.2) is 0 Å². The molecule has 2 aromatic rings. The van der Waals surface area contributed by atoms with Crippen molar-refractivity contribution in [1.29, 1.82) is 0 Å². The summed E-state index contributed by atoms with van der Waals surface area (Å²) in [6.45, 7) is 0. The van der Waals surface area contributed by atoms with Crippen LogP contribution in [0.4, 0.5) is 0 Å². The Morgan fingerprint density at radius 3 is 2.80 bits per heavy atom. The molecule has 1 aliphatic carbocycles. The molecule has 20 heavy (non-hydrogen) atoms. The summed E-state index contributed by atoms with van der Waals surface area (Å²) in [6, 6.07) is 9.60. The molecule has 1 heterocycles. The molecule has 1 aromatic heterocycles. The van der Waals surface area contributed by atoms with Crippen molar-refractivity contribution in [2.24, 2.45) is 7.05 Å². The molecule has 2 atom stereocenters. The number of hydrogen-bond donors (Lipinski definition) is 1. The van der Waals surface area contributed by atoms with Crippen LogP contribution in [0.15, 0.2) is 36.5 Å². The molecule has 1 aliphatic rings. The van der Waals surface area contributed by atoms with Crippen molar-refractivity contribution in [3.8, 4) is 0 Å². The lowest BCUT2D eigenvalue weighted by Crippen LogP contribution is -2.28. The Morgan fingerprint density at radius 2 is 2.15 bits per heavy atom. The summed E-state index contributed by atoms with van der Waals surface area (Å²) in [5.41, 5.74) is 2.03. The third-order valence-corrected chi connectivity index (χ3v) is 3.78. The van der Waals surface area contributed by atoms with Crippen LogP contribution in [0.5, 0.6) is 0 Å². The van der Waals surface area contributed by atoms with Gasteiger partial charge in [0.25, 0.3) is 0 Å². The lowest BCUT2D eigenvalue weighted by molar-refractivity contribution is -0.120. The van der Waals surface area contributed by atoms with Crippen molar-refractivity contribution in [2.45, 2.75) is 24.8 Å². The molecule has 0 aliphatic heterocycles. The van der Waals surface area contributed by atoms with Gasteiger partial charge >= 0.3 is 0 Å². The van der Waals surface area contributed by atoms with Crippen molar-refractivity contribution >= 4 is 17.5 Å². The minimum absolute atomic E-state index is 0.0516. The number of amides is 1. The van der Waals surface area contributed by atoms with Gasteiger partial charge in [0, 0.05) is 30.2 Å². The molecule has 0 unspecified atom stereocenters. The van der Waals surface area contributed by atoms with E-state index in [2.05, 4.69) is 10.4 Å². The average molecular weight is 290 g/mol. The molecule has 0 spiro atoms. The summed E-state index contributed by atoms with van der Waals surface area (Å²) in [5, 5.41) is 8.11. The Hall–Kier alpha value is -1.81. The number of carbonyl (C=O) groups is 1. The summed E-state index contributed by atoms with van der Waals surface area (Å²) in [5.74, 6) is 0.418. The van der Waals surface area contributed by atoms with Crippen LogP contribution >= 0.6 is 11.6 Å². The van der Waals surface area contributed by atoms with Gasteiger partial charge in [0.2, 0.25) is 5.91 Å². The van der Waals surface area contributed by atoms with Gasteiger partial charge in [-0.1, -0.05) is 23.7 Å². The van der Waals surface area contributed by atoms with Crippen LogP contribution in [0.2, 0.25) is 5.02 Å². The summed E-state index contributed by atoms with van der Waals surface area (Å²) in [4.78, 5) is 12.0. The highest BCUT2D eigenvalue weighted by Gasteiger charge is 2.40. The average Bonchev–Trinajstić information content (AvgIpc) is 3.03. The molecule has 0 bridgehead atoms. The van der Waals surface area contributed by atoms with E-state index in [-0.39, 0.29) is 11.9 Å². The molecule has 5 heteroatoms. The number of aromatic nitrogens is 2. The summed E-state index contributed by atoms with van der Waals surface area (Å²) in [7, 11) is 1.90. The zero-order valence-corrected chi connectivity index (χ0v) is 12.0. The number of halogens is 1. The van der Waals surface area contributed by atoms with Crippen LogP contribution in [0.1, 0.15) is 23.6 Å². The zero-order valence-electron chi connectivity index (χ0n) is 11.2. The lowest BCUT2D eigenvalue weighted by atomic mass is 10.1. The number of aryl methyl sites for hydroxylation is 1. The lowest BCUT2D eigenvalue weighted by Gasteiger charge is -2.04. The topological polar surface area (TPSA) is 46.9 Å². The van der Waals surface area contributed by atoms with Crippen molar-refractivity contribution in [3.63, 3.8) is 0 Å². The molecule has 0 saturated heterocycles. The molecule has 1 fully saturated rings.